The Morgan fingerprint density at radius 2 is 1.51 bits per heavy atom. The van der Waals surface area contributed by atoms with Crippen molar-refractivity contribution in [2.75, 3.05) is 26.2 Å². The van der Waals surface area contributed by atoms with Crippen LogP contribution in [0, 0.1) is 0 Å². The molecule has 37 heavy (non-hydrogen) atoms. The fourth-order valence-corrected chi connectivity index (χ4v) is 4.98. The van der Waals surface area contributed by atoms with Gasteiger partial charge in [-0.1, -0.05) is 60.1 Å². The van der Waals surface area contributed by atoms with Gasteiger partial charge in [-0.05, 0) is 47.5 Å². The number of amides is 1. The van der Waals surface area contributed by atoms with Gasteiger partial charge in [0.1, 0.15) is 11.3 Å². The molecular formula is C30H26ClN5O. The number of benzene rings is 2. The zero-order valence-corrected chi connectivity index (χ0v) is 21.1. The van der Waals surface area contributed by atoms with Gasteiger partial charge in [0.25, 0.3) is 5.91 Å². The lowest BCUT2D eigenvalue weighted by molar-refractivity contribution is 0.0621. The topological polar surface area (TPSA) is 53.7 Å². The lowest BCUT2D eigenvalue weighted by atomic mass is 10.1. The van der Waals surface area contributed by atoms with Crippen LogP contribution in [0.25, 0.3) is 28.0 Å². The van der Waals surface area contributed by atoms with E-state index >= 15 is 0 Å². The van der Waals surface area contributed by atoms with Crippen LogP contribution in [0.5, 0.6) is 0 Å². The summed E-state index contributed by atoms with van der Waals surface area (Å²) < 4.78 is 2.21. The first-order valence-electron chi connectivity index (χ1n) is 12.4. The van der Waals surface area contributed by atoms with Crippen LogP contribution < -0.4 is 0 Å². The average Bonchev–Trinajstić information content (AvgIpc) is 3.32. The van der Waals surface area contributed by atoms with Crippen LogP contribution in [0.15, 0.2) is 97.3 Å². The second-order valence-electron chi connectivity index (χ2n) is 9.21. The molecule has 0 spiro atoms. The van der Waals surface area contributed by atoms with Gasteiger partial charge < -0.3 is 9.30 Å². The molecule has 0 saturated carbocycles. The van der Waals surface area contributed by atoms with E-state index < -0.39 is 0 Å². The zero-order chi connectivity index (χ0) is 25.2. The number of hydrogen-bond acceptors (Lipinski definition) is 4. The number of aromatic nitrogens is 3. The van der Waals surface area contributed by atoms with E-state index in [1.165, 1.54) is 5.56 Å². The highest BCUT2D eigenvalue weighted by Gasteiger charge is 2.25. The molecule has 4 heterocycles. The molecule has 6 nitrogen and oxygen atoms in total. The Hall–Kier alpha value is -4.00. The fourth-order valence-electron chi connectivity index (χ4n) is 4.86. The van der Waals surface area contributed by atoms with E-state index in [-0.39, 0.29) is 5.91 Å². The molecule has 0 bridgehead atoms. The third kappa shape index (κ3) is 4.86. The number of rotatable bonds is 5. The standard InChI is InChI=1S/C30H26ClN5O/c31-25-12-9-23(10-13-25)29-27(36-20-24(11-14-28(36)33-29)22-6-2-1-3-7-22)21-34-16-18-35(19-17-34)30(37)26-8-4-5-15-32-26/h1-15,20H,16-19,21H2. The summed E-state index contributed by atoms with van der Waals surface area (Å²) in [5.74, 6) is -0.00981. The summed E-state index contributed by atoms with van der Waals surface area (Å²) in [6.45, 7) is 3.62. The van der Waals surface area contributed by atoms with Gasteiger partial charge in [0.15, 0.2) is 0 Å². The van der Waals surface area contributed by atoms with Crippen molar-refractivity contribution >= 4 is 23.2 Å². The predicted molar refractivity (Wildman–Crippen MR) is 146 cm³/mol. The van der Waals surface area contributed by atoms with Crippen LogP contribution in [-0.2, 0) is 6.54 Å². The number of carbonyl (C=O) groups excluding carboxylic acids is 1. The highest BCUT2D eigenvalue weighted by molar-refractivity contribution is 6.30. The maximum atomic E-state index is 12.9. The largest absolute Gasteiger partial charge is 0.335 e. The highest BCUT2D eigenvalue weighted by atomic mass is 35.5. The van der Waals surface area contributed by atoms with Gasteiger partial charge in [-0.25, -0.2) is 4.98 Å². The van der Waals surface area contributed by atoms with Crippen molar-refractivity contribution in [2.24, 2.45) is 0 Å². The minimum absolute atomic E-state index is 0.00981. The smallest absolute Gasteiger partial charge is 0.272 e. The van der Waals surface area contributed by atoms with Crippen LogP contribution in [0.1, 0.15) is 16.2 Å². The molecule has 1 aliphatic heterocycles. The van der Waals surface area contributed by atoms with Gasteiger partial charge >= 0.3 is 0 Å². The predicted octanol–water partition coefficient (Wildman–Crippen LogP) is 5.67. The van der Waals surface area contributed by atoms with E-state index in [1.54, 1.807) is 12.3 Å². The number of carbonyl (C=O) groups is 1. The molecule has 6 rings (SSSR count). The summed E-state index contributed by atoms with van der Waals surface area (Å²) in [5, 5.41) is 0.703. The van der Waals surface area contributed by atoms with Gasteiger partial charge in [0, 0.05) is 55.7 Å². The van der Waals surface area contributed by atoms with Crippen molar-refractivity contribution < 1.29 is 4.79 Å². The van der Waals surface area contributed by atoms with Gasteiger partial charge in [-0.3, -0.25) is 14.7 Å². The Labute approximate surface area is 220 Å². The summed E-state index contributed by atoms with van der Waals surface area (Å²) in [4.78, 5) is 26.4. The quantitative estimate of drug-likeness (QED) is 0.307. The molecule has 7 heteroatoms. The highest BCUT2D eigenvalue weighted by Crippen LogP contribution is 2.29. The molecule has 1 saturated heterocycles. The number of nitrogens with zero attached hydrogens (tertiary/aromatic N) is 5. The Bertz CT molecular complexity index is 1530. The summed E-state index contributed by atoms with van der Waals surface area (Å²) in [7, 11) is 0. The second-order valence-corrected chi connectivity index (χ2v) is 9.65. The molecule has 0 aliphatic carbocycles. The maximum Gasteiger partial charge on any atom is 0.272 e. The number of imidazole rings is 1. The molecule has 2 aromatic carbocycles. The third-order valence-corrected chi connectivity index (χ3v) is 7.11. The molecule has 0 atom stereocenters. The minimum Gasteiger partial charge on any atom is -0.335 e. The van der Waals surface area contributed by atoms with Crippen LogP contribution in [0.2, 0.25) is 5.02 Å². The number of halogens is 1. The molecule has 0 radical (unpaired) electrons. The van der Waals surface area contributed by atoms with Crippen LogP contribution >= 0.6 is 11.6 Å². The van der Waals surface area contributed by atoms with E-state index in [0.29, 0.717) is 23.8 Å². The lowest BCUT2D eigenvalue weighted by Gasteiger charge is -2.34. The van der Waals surface area contributed by atoms with Gasteiger partial charge in [-0.2, -0.15) is 0 Å². The van der Waals surface area contributed by atoms with Crippen LogP contribution in [-0.4, -0.2) is 56.3 Å². The number of hydrogen-bond donors (Lipinski definition) is 0. The summed E-state index contributed by atoms with van der Waals surface area (Å²) >= 11 is 6.17. The van der Waals surface area contributed by atoms with Crippen molar-refractivity contribution in [1.82, 2.24) is 24.2 Å². The average molecular weight is 508 g/mol. The Morgan fingerprint density at radius 3 is 2.24 bits per heavy atom. The third-order valence-electron chi connectivity index (χ3n) is 6.86. The van der Waals surface area contributed by atoms with Gasteiger partial charge in [0.2, 0.25) is 0 Å². The second kappa shape index (κ2) is 10.2. The zero-order valence-electron chi connectivity index (χ0n) is 20.3. The first-order chi connectivity index (χ1) is 18.2. The molecule has 5 aromatic rings. The van der Waals surface area contributed by atoms with E-state index in [1.807, 2.05) is 47.4 Å². The number of piperazine rings is 1. The monoisotopic (exact) mass is 507 g/mol. The van der Waals surface area contributed by atoms with E-state index in [0.717, 1.165) is 47.8 Å². The Morgan fingerprint density at radius 1 is 0.784 bits per heavy atom. The minimum atomic E-state index is -0.00981. The summed E-state index contributed by atoms with van der Waals surface area (Å²) in [5.41, 5.74) is 6.82. The maximum absolute atomic E-state index is 12.9. The van der Waals surface area contributed by atoms with E-state index in [4.69, 9.17) is 16.6 Å². The molecule has 184 valence electrons. The van der Waals surface area contributed by atoms with E-state index in [2.05, 4.69) is 56.9 Å². The molecule has 3 aromatic heterocycles. The van der Waals surface area contributed by atoms with Gasteiger partial charge in [0.05, 0.1) is 11.4 Å². The first-order valence-corrected chi connectivity index (χ1v) is 12.8. The van der Waals surface area contributed by atoms with E-state index in [9.17, 15) is 4.79 Å². The SMILES string of the molecule is O=C(c1ccccn1)N1CCN(Cc2c(-c3ccc(Cl)cc3)nc3ccc(-c4ccccc4)cn23)CC1. The number of fused-ring (bicyclic) bond motifs is 1. The van der Waals surface area contributed by atoms with Gasteiger partial charge in [-0.15, -0.1) is 0 Å². The Balaban J connectivity index is 1.30. The molecule has 0 unspecified atom stereocenters. The lowest BCUT2D eigenvalue weighted by Crippen LogP contribution is -2.48. The van der Waals surface area contributed by atoms with Crippen molar-refractivity contribution in [1.29, 1.82) is 0 Å². The molecule has 0 N–H and O–H groups in total. The normalized spacial score (nSPS) is 14.2. The van der Waals surface area contributed by atoms with Crippen molar-refractivity contribution in [3.8, 4) is 22.4 Å². The van der Waals surface area contributed by atoms with Crippen molar-refractivity contribution in [2.45, 2.75) is 6.54 Å². The molecule has 1 fully saturated rings. The summed E-state index contributed by atoms with van der Waals surface area (Å²) in [6.07, 6.45) is 3.84. The van der Waals surface area contributed by atoms with Crippen molar-refractivity contribution in [3.05, 3.63) is 114 Å². The fraction of sp³-hybridized carbons (Fsp3) is 0.167. The van der Waals surface area contributed by atoms with Crippen LogP contribution in [0.4, 0.5) is 0 Å². The molecule has 1 aliphatic rings. The molecule has 1 amide bonds. The Kier molecular flexibility index (Phi) is 6.43. The number of pyridine rings is 2. The van der Waals surface area contributed by atoms with Crippen molar-refractivity contribution in [3.63, 3.8) is 0 Å². The van der Waals surface area contributed by atoms with Crippen LogP contribution in [0.3, 0.4) is 0 Å². The first kappa shape index (κ1) is 23.4. The summed E-state index contributed by atoms with van der Waals surface area (Å²) in [6, 6.07) is 27.9. The molecular weight excluding hydrogens is 482 g/mol.